The van der Waals surface area contributed by atoms with Gasteiger partial charge >= 0.3 is 0 Å². The Morgan fingerprint density at radius 3 is 2.42 bits per heavy atom. The van der Waals surface area contributed by atoms with Crippen LogP contribution in [0.3, 0.4) is 0 Å². The SMILES string of the molecule is Cc1ccc(S(=O)(=O)OCC2CC3(CSC3)C2)cc1. The Balaban J connectivity index is 1.55. The van der Waals surface area contributed by atoms with E-state index >= 15 is 0 Å². The van der Waals surface area contributed by atoms with Gasteiger partial charge in [-0.1, -0.05) is 17.7 Å². The zero-order chi connectivity index (χ0) is 13.5. The molecular weight excluding hydrogens is 280 g/mol. The van der Waals surface area contributed by atoms with Gasteiger partial charge in [0.15, 0.2) is 0 Å². The Morgan fingerprint density at radius 2 is 1.89 bits per heavy atom. The Kier molecular flexibility index (Phi) is 3.39. The second kappa shape index (κ2) is 4.79. The van der Waals surface area contributed by atoms with Crippen molar-refractivity contribution in [1.82, 2.24) is 0 Å². The Hall–Kier alpha value is -0.520. The third-order valence-corrected chi connectivity index (χ3v) is 6.96. The van der Waals surface area contributed by atoms with Gasteiger partial charge in [-0.25, -0.2) is 0 Å². The first-order valence-corrected chi connectivity index (χ1v) is 9.09. The number of hydrogen-bond donors (Lipinski definition) is 0. The van der Waals surface area contributed by atoms with Gasteiger partial charge in [-0.15, -0.1) is 0 Å². The summed E-state index contributed by atoms with van der Waals surface area (Å²) in [6.45, 7) is 2.27. The van der Waals surface area contributed by atoms with Crippen LogP contribution in [-0.4, -0.2) is 26.5 Å². The molecule has 1 aromatic carbocycles. The van der Waals surface area contributed by atoms with E-state index in [-0.39, 0.29) is 4.90 Å². The average Bonchev–Trinajstić information content (AvgIpc) is 2.25. The lowest BCUT2D eigenvalue weighted by Gasteiger charge is -2.53. The minimum atomic E-state index is -3.58. The molecule has 0 aromatic heterocycles. The molecule has 0 bridgehead atoms. The molecule has 1 heterocycles. The smallest absolute Gasteiger partial charge is 0.266 e. The highest BCUT2D eigenvalue weighted by molar-refractivity contribution is 8.00. The van der Waals surface area contributed by atoms with Crippen molar-refractivity contribution >= 4 is 21.9 Å². The normalized spacial score (nSPS) is 21.9. The van der Waals surface area contributed by atoms with Crippen LogP contribution in [0.1, 0.15) is 18.4 Å². The summed E-state index contributed by atoms with van der Waals surface area (Å²) in [6.07, 6.45) is 2.26. The molecule has 19 heavy (non-hydrogen) atoms. The van der Waals surface area contributed by atoms with E-state index in [1.165, 1.54) is 11.5 Å². The van der Waals surface area contributed by atoms with Crippen LogP contribution in [0.25, 0.3) is 0 Å². The van der Waals surface area contributed by atoms with Crippen molar-refractivity contribution in [3.05, 3.63) is 29.8 Å². The van der Waals surface area contributed by atoms with Gasteiger partial charge in [0, 0.05) is 0 Å². The maximum Gasteiger partial charge on any atom is 0.296 e. The number of thioether (sulfide) groups is 1. The maximum atomic E-state index is 12.0. The minimum absolute atomic E-state index is 0.256. The summed E-state index contributed by atoms with van der Waals surface area (Å²) < 4.78 is 29.2. The molecule has 1 spiro atoms. The van der Waals surface area contributed by atoms with E-state index < -0.39 is 10.1 Å². The first-order valence-electron chi connectivity index (χ1n) is 6.53. The molecule has 0 N–H and O–H groups in total. The first kappa shape index (κ1) is 13.5. The Labute approximate surface area is 118 Å². The largest absolute Gasteiger partial charge is 0.296 e. The van der Waals surface area contributed by atoms with Gasteiger partial charge in [0.1, 0.15) is 0 Å². The van der Waals surface area contributed by atoms with Crippen LogP contribution >= 0.6 is 11.8 Å². The van der Waals surface area contributed by atoms with Crippen LogP contribution in [0.2, 0.25) is 0 Å². The van der Waals surface area contributed by atoms with Crippen molar-refractivity contribution in [2.45, 2.75) is 24.7 Å². The van der Waals surface area contributed by atoms with Crippen molar-refractivity contribution < 1.29 is 12.6 Å². The summed E-state index contributed by atoms with van der Waals surface area (Å²) >= 11 is 1.98. The van der Waals surface area contributed by atoms with Crippen molar-refractivity contribution in [1.29, 1.82) is 0 Å². The fourth-order valence-corrected chi connectivity index (χ4v) is 5.10. The quantitative estimate of drug-likeness (QED) is 0.802. The average molecular weight is 298 g/mol. The Morgan fingerprint density at radius 1 is 1.26 bits per heavy atom. The van der Waals surface area contributed by atoms with E-state index in [2.05, 4.69) is 0 Å². The van der Waals surface area contributed by atoms with E-state index in [0.29, 0.717) is 17.9 Å². The van der Waals surface area contributed by atoms with Gasteiger partial charge < -0.3 is 0 Å². The molecule has 3 rings (SSSR count). The summed E-state index contributed by atoms with van der Waals surface area (Å²) in [4.78, 5) is 0.256. The zero-order valence-corrected chi connectivity index (χ0v) is 12.6. The van der Waals surface area contributed by atoms with Gasteiger partial charge in [0.2, 0.25) is 0 Å². The van der Waals surface area contributed by atoms with E-state index in [0.717, 1.165) is 18.4 Å². The molecule has 1 saturated heterocycles. The van der Waals surface area contributed by atoms with Crippen molar-refractivity contribution in [3.63, 3.8) is 0 Å². The van der Waals surface area contributed by atoms with Gasteiger partial charge in [-0.3, -0.25) is 4.18 Å². The molecule has 1 aliphatic carbocycles. The molecule has 0 atom stereocenters. The maximum absolute atomic E-state index is 12.0. The van der Waals surface area contributed by atoms with Crippen molar-refractivity contribution in [2.75, 3.05) is 18.1 Å². The Bertz CT molecular complexity index is 551. The lowest BCUT2D eigenvalue weighted by molar-refractivity contribution is 0.0561. The monoisotopic (exact) mass is 298 g/mol. The zero-order valence-electron chi connectivity index (χ0n) is 11.0. The molecular formula is C14H18O3S2. The molecule has 0 unspecified atom stereocenters. The number of benzene rings is 1. The van der Waals surface area contributed by atoms with E-state index in [9.17, 15) is 8.42 Å². The highest BCUT2D eigenvalue weighted by Crippen LogP contribution is 2.55. The van der Waals surface area contributed by atoms with Crippen LogP contribution in [0.15, 0.2) is 29.2 Å². The second-order valence-electron chi connectivity index (χ2n) is 5.82. The molecule has 5 heteroatoms. The lowest BCUT2D eigenvalue weighted by atomic mass is 9.64. The summed E-state index contributed by atoms with van der Waals surface area (Å²) in [6, 6.07) is 6.80. The third-order valence-electron chi connectivity index (χ3n) is 4.03. The van der Waals surface area contributed by atoms with E-state index in [1.54, 1.807) is 24.3 Å². The standard InChI is InChI=1S/C14H18O3S2/c1-11-2-4-13(5-3-11)19(15,16)17-8-12-6-14(7-12)9-18-10-14/h2-5,12H,6-10H2,1H3. The lowest BCUT2D eigenvalue weighted by Crippen LogP contribution is -2.48. The van der Waals surface area contributed by atoms with Crippen LogP contribution in [0.5, 0.6) is 0 Å². The number of rotatable bonds is 4. The highest BCUT2D eigenvalue weighted by atomic mass is 32.2. The molecule has 0 amide bonds. The number of aryl methyl sites for hydroxylation is 1. The molecule has 3 nitrogen and oxygen atoms in total. The van der Waals surface area contributed by atoms with E-state index in [4.69, 9.17) is 4.18 Å². The second-order valence-corrected chi connectivity index (χ2v) is 8.42. The fourth-order valence-electron chi connectivity index (χ4n) is 2.87. The van der Waals surface area contributed by atoms with Gasteiger partial charge in [-0.05, 0) is 54.7 Å². The predicted octanol–water partition coefficient (Wildman–Crippen LogP) is 2.84. The third kappa shape index (κ3) is 2.69. The van der Waals surface area contributed by atoms with Crippen LogP contribution < -0.4 is 0 Å². The van der Waals surface area contributed by atoms with E-state index in [1.807, 2.05) is 18.7 Å². The van der Waals surface area contributed by atoms with Crippen LogP contribution in [0, 0.1) is 18.3 Å². The number of hydrogen-bond acceptors (Lipinski definition) is 4. The van der Waals surface area contributed by atoms with Crippen molar-refractivity contribution in [2.24, 2.45) is 11.3 Å². The van der Waals surface area contributed by atoms with Gasteiger partial charge in [0.05, 0.1) is 11.5 Å². The highest BCUT2D eigenvalue weighted by Gasteiger charge is 2.49. The van der Waals surface area contributed by atoms with Crippen molar-refractivity contribution in [3.8, 4) is 0 Å². The van der Waals surface area contributed by atoms with Crippen LogP contribution in [-0.2, 0) is 14.3 Å². The van der Waals surface area contributed by atoms with Gasteiger partial charge in [-0.2, -0.15) is 20.2 Å². The minimum Gasteiger partial charge on any atom is -0.266 e. The molecule has 2 aliphatic rings. The molecule has 1 aromatic rings. The molecule has 1 aliphatic heterocycles. The summed E-state index contributed by atoms with van der Waals surface area (Å²) in [7, 11) is -3.58. The topological polar surface area (TPSA) is 43.4 Å². The fraction of sp³-hybridized carbons (Fsp3) is 0.571. The summed E-state index contributed by atoms with van der Waals surface area (Å²) in [5.74, 6) is 2.91. The summed E-state index contributed by atoms with van der Waals surface area (Å²) in [5, 5.41) is 0. The predicted molar refractivity (Wildman–Crippen MR) is 76.8 cm³/mol. The molecule has 0 radical (unpaired) electrons. The van der Waals surface area contributed by atoms with Crippen LogP contribution in [0.4, 0.5) is 0 Å². The molecule has 104 valence electrons. The first-order chi connectivity index (χ1) is 8.99. The molecule has 1 saturated carbocycles. The van der Waals surface area contributed by atoms with Gasteiger partial charge in [0.25, 0.3) is 10.1 Å². The summed E-state index contributed by atoms with van der Waals surface area (Å²) in [5.41, 5.74) is 1.58. The molecule has 2 fully saturated rings.